The normalized spacial score (nSPS) is 12.3. The van der Waals surface area contributed by atoms with Gasteiger partial charge in [-0.3, -0.25) is 18.0 Å². The number of rotatable bonds is 11. The summed E-state index contributed by atoms with van der Waals surface area (Å²) in [4.78, 5) is 23.3. The number of alkyl halides is 3. The van der Waals surface area contributed by atoms with E-state index in [2.05, 4.69) is 0 Å². The summed E-state index contributed by atoms with van der Waals surface area (Å²) in [6, 6.07) is 0. The van der Waals surface area contributed by atoms with Gasteiger partial charge in [0.15, 0.2) is 5.78 Å². The number of hydrogen-bond acceptors (Lipinski definition) is 3. The Hall–Kier alpha value is -1.53. The summed E-state index contributed by atoms with van der Waals surface area (Å²) in [6.45, 7) is -1.18. The fourth-order valence-electron chi connectivity index (χ4n) is 1.91. The van der Waals surface area contributed by atoms with Gasteiger partial charge in [0.05, 0.1) is 26.6 Å². The molecule has 0 fully saturated rings. The van der Waals surface area contributed by atoms with Gasteiger partial charge in [0.1, 0.15) is 11.8 Å². The Morgan fingerprint density at radius 2 is 1.55 bits per heavy atom. The third kappa shape index (κ3) is 4.86. The lowest BCUT2D eigenvalue weighted by atomic mass is 9.73. The monoisotopic (exact) mass is 296 g/mol. The van der Waals surface area contributed by atoms with Gasteiger partial charge in [-0.2, -0.15) is 0 Å². The van der Waals surface area contributed by atoms with Crippen LogP contribution in [-0.2, 0) is 14.3 Å². The molecule has 0 aromatic heterocycles. The summed E-state index contributed by atoms with van der Waals surface area (Å²) >= 11 is 0. The molecule has 0 heterocycles. The number of carboxylic acid groups (broad SMARTS) is 1. The van der Waals surface area contributed by atoms with Gasteiger partial charge < -0.3 is 9.84 Å². The van der Waals surface area contributed by atoms with E-state index in [-0.39, 0.29) is 6.61 Å². The van der Waals surface area contributed by atoms with Crippen LogP contribution in [0, 0.1) is 5.41 Å². The van der Waals surface area contributed by atoms with Crippen LogP contribution in [0.15, 0.2) is 11.8 Å². The quantitative estimate of drug-likeness (QED) is 0.275. The average Bonchev–Trinajstić information content (AvgIpc) is 2.39. The van der Waals surface area contributed by atoms with Crippen molar-refractivity contribution in [3.8, 4) is 0 Å². The molecule has 116 valence electrons. The van der Waals surface area contributed by atoms with Gasteiger partial charge in [-0.25, -0.2) is 4.79 Å². The van der Waals surface area contributed by atoms with Crippen LogP contribution < -0.4 is 0 Å². The first-order valence-electron chi connectivity index (χ1n) is 6.26. The van der Waals surface area contributed by atoms with E-state index in [9.17, 15) is 22.8 Å². The number of halogens is 3. The van der Waals surface area contributed by atoms with Crippen LogP contribution in [0.25, 0.3) is 0 Å². The van der Waals surface area contributed by atoms with Crippen molar-refractivity contribution in [3.05, 3.63) is 11.8 Å². The Kier molecular flexibility index (Phi) is 8.67. The van der Waals surface area contributed by atoms with Gasteiger partial charge in [-0.1, -0.05) is 0 Å². The standard InChI is InChI=1S/C13H19F3O4/c1-2-20-9-10(12(18)19)11(17)13(3-6-14,4-7-15)5-8-16/h9H,2-8H2,1H3,(H,18,19)/b10-9-. The first-order valence-corrected chi connectivity index (χ1v) is 6.26. The smallest absolute Gasteiger partial charge is 0.342 e. The zero-order valence-electron chi connectivity index (χ0n) is 11.3. The maximum absolute atomic E-state index is 12.6. The molecule has 7 heteroatoms. The molecule has 0 bridgehead atoms. The van der Waals surface area contributed by atoms with E-state index in [4.69, 9.17) is 9.84 Å². The lowest BCUT2D eigenvalue weighted by Crippen LogP contribution is -2.36. The summed E-state index contributed by atoms with van der Waals surface area (Å²) in [5, 5.41) is 8.99. The molecule has 0 aromatic carbocycles. The molecule has 0 aliphatic carbocycles. The highest BCUT2D eigenvalue weighted by Gasteiger charge is 2.41. The molecule has 0 amide bonds. The Bertz CT molecular complexity index is 339. The van der Waals surface area contributed by atoms with Crippen LogP contribution >= 0.6 is 0 Å². The maximum atomic E-state index is 12.6. The molecule has 0 saturated heterocycles. The van der Waals surface area contributed by atoms with E-state index in [1.165, 1.54) is 0 Å². The minimum Gasteiger partial charge on any atom is -0.500 e. The fourth-order valence-corrected chi connectivity index (χ4v) is 1.91. The molecule has 0 spiro atoms. The van der Waals surface area contributed by atoms with Crippen LogP contribution in [0.2, 0.25) is 0 Å². The molecule has 0 saturated carbocycles. The average molecular weight is 296 g/mol. The largest absolute Gasteiger partial charge is 0.500 e. The van der Waals surface area contributed by atoms with Crippen molar-refractivity contribution in [2.24, 2.45) is 5.41 Å². The van der Waals surface area contributed by atoms with Gasteiger partial charge in [-0.15, -0.1) is 0 Å². The van der Waals surface area contributed by atoms with Crippen molar-refractivity contribution in [1.29, 1.82) is 0 Å². The van der Waals surface area contributed by atoms with E-state index < -0.39 is 62.0 Å². The Labute approximate surface area is 115 Å². The fraction of sp³-hybridized carbons (Fsp3) is 0.692. The summed E-state index contributed by atoms with van der Waals surface area (Å²) in [5.41, 5.74) is -2.40. The molecule has 0 unspecified atom stereocenters. The van der Waals surface area contributed by atoms with E-state index in [1.807, 2.05) is 0 Å². The second-order valence-corrected chi connectivity index (χ2v) is 4.22. The number of carboxylic acids is 1. The number of Topliss-reactive ketones (excluding diaryl/α,β-unsaturated/α-hetero) is 1. The topological polar surface area (TPSA) is 63.6 Å². The molecule has 0 aromatic rings. The predicted molar refractivity (Wildman–Crippen MR) is 66.6 cm³/mol. The maximum Gasteiger partial charge on any atom is 0.342 e. The van der Waals surface area contributed by atoms with Crippen LogP contribution in [-0.4, -0.2) is 43.5 Å². The molecule has 0 aliphatic heterocycles. The van der Waals surface area contributed by atoms with Crippen LogP contribution in [0.3, 0.4) is 0 Å². The van der Waals surface area contributed by atoms with E-state index in [0.717, 1.165) is 6.26 Å². The number of aliphatic carboxylic acids is 1. The second-order valence-electron chi connectivity index (χ2n) is 4.22. The summed E-state index contributed by atoms with van der Waals surface area (Å²) in [7, 11) is 0. The van der Waals surface area contributed by atoms with Gasteiger partial charge in [0.2, 0.25) is 0 Å². The lowest BCUT2D eigenvalue weighted by molar-refractivity contribution is -0.137. The molecule has 0 atom stereocenters. The van der Waals surface area contributed by atoms with Crippen LogP contribution in [0.1, 0.15) is 26.2 Å². The van der Waals surface area contributed by atoms with Gasteiger partial charge in [-0.05, 0) is 26.2 Å². The number of carbonyl (C=O) groups is 2. The van der Waals surface area contributed by atoms with Crippen molar-refractivity contribution in [2.45, 2.75) is 26.2 Å². The molecule has 4 nitrogen and oxygen atoms in total. The Morgan fingerprint density at radius 1 is 1.10 bits per heavy atom. The highest BCUT2D eigenvalue weighted by Crippen LogP contribution is 2.35. The zero-order valence-corrected chi connectivity index (χ0v) is 11.3. The third-order valence-corrected chi connectivity index (χ3v) is 3.04. The SMILES string of the molecule is CCO/C=C(\C(=O)O)C(=O)C(CCF)(CCF)CCF. The summed E-state index contributed by atoms with van der Waals surface area (Å²) in [5.74, 6) is -2.56. The van der Waals surface area contributed by atoms with E-state index in [1.54, 1.807) is 6.92 Å². The highest BCUT2D eigenvalue weighted by molar-refractivity contribution is 6.18. The Balaban J connectivity index is 5.50. The third-order valence-electron chi connectivity index (χ3n) is 3.04. The Morgan fingerprint density at radius 3 is 1.85 bits per heavy atom. The molecule has 1 N–H and O–H groups in total. The molecular formula is C13H19F3O4. The number of hydrogen-bond donors (Lipinski definition) is 1. The minimum absolute atomic E-state index is 0.131. The number of ether oxygens (including phenoxy) is 1. The molecule has 0 radical (unpaired) electrons. The van der Waals surface area contributed by atoms with E-state index in [0.29, 0.717) is 0 Å². The zero-order chi connectivity index (χ0) is 15.6. The predicted octanol–water partition coefficient (Wildman–Crippen LogP) is 2.63. The summed E-state index contributed by atoms with van der Waals surface area (Å²) < 4.78 is 42.6. The van der Waals surface area contributed by atoms with Crippen molar-refractivity contribution < 1.29 is 32.6 Å². The first kappa shape index (κ1) is 18.5. The van der Waals surface area contributed by atoms with Crippen LogP contribution in [0.4, 0.5) is 13.2 Å². The molecule has 0 rings (SSSR count). The van der Waals surface area contributed by atoms with Crippen molar-refractivity contribution in [3.63, 3.8) is 0 Å². The number of ketones is 1. The van der Waals surface area contributed by atoms with Crippen molar-refractivity contribution in [1.82, 2.24) is 0 Å². The van der Waals surface area contributed by atoms with Gasteiger partial charge >= 0.3 is 5.97 Å². The highest BCUT2D eigenvalue weighted by atomic mass is 19.1. The lowest BCUT2D eigenvalue weighted by Gasteiger charge is -2.29. The number of carbonyl (C=O) groups excluding carboxylic acids is 1. The second kappa shape index (κ2) is 9.39. The molecule has 0 aliphatic rings. The first-order chi connectivity index (χ1) is 9.48. The van der Waals surface area contributed by atoms with Crippen molar-refractivity contribution >= 4 is 11.8 Å². The van der Waals surface area contributed by atoms with Crippen molar-refractivity contribution in [2.75, 3.05) is 26.6 Å². The van der Waals surface area contributed by atoms with E-state index >= 15 is 0 Å². The summed E-state index contributed by atoms with van der Waals surface area (Å²) in [6.07, 6.45) is -0.517. The van der Waals surface area contributed by atoms with Crippen LogP contribution in [0.5, 0.6) is 0 Å². The minimum atomic E-state index is -1.68. The van der Waals surface area contributed by atoms with Gasteiger partial charge in [0.25, 0.3) is 0 Å². The molecule has 20 heavy (non-hydrogen) atoms. The van der Waals surface area contributed by atoms with Gasteiger partial charge in [0, 0.05) is 5.41 Å². The molecular weight excluding hydrogens is 277 g/mol.